The second-order valence-electron chi connectivity index (χ2n) is 7.06. The lowest BCUT2D eigenvalue weighted by molar-refractivity contribution is -0.141. The third-order valence-electron chi connectivity index (χ3n) is 4.09. The van der Waals surface area contributed by atoms with Gasteiger partial charge in [0.15, 0.2) is 0 Å². The number of hydrogen-bond acceptors (Lipinski definition) is 3. The average molecular weight is 310 g/mol. The van der Waals surface area contributed by atoms with Gasteiger partial charge in [-0.15, -0.1) is 0 Å². The molecule has 0 rings (SSSR count). The van der Waals surface area contributed by atoms with E-state index in [0.29, 0.717) is 11.8 Å². The molecule has 0 aliphatic heterocycles. The molecule has 3 nitrogen and oxygen atoms in total. The van der Waals surface area contributed by atoms with Crippen LogP contribution in [0.5, 0.6) is 0 Å². The maximum atomic E-state index is 11.5. The summed E-state index contributed by atoms with van der Waals surface area (Å²) < 4.78 is 10.6. The molecular formula is C19H34O3. The van der Waals surface area contributed by atoms with Crippen LogP contribution < -0.4 is 0 Å². The zero-order valence-corrected chi connectivity index (χ0v) is 15.6. The van der Waals surface area contributed by atoms with Crippen molar-refractivity contribution in [3.63, 3.8) is 0 Å². The molecule has 128 valence electrons. The van der Waals surface area contributed by atoms with Crippen LogP contribution >= 0.6 is 0 Å². The molecule has 0 spiro atoms. The van der Waals surface area contributed by atoms with E-state index in [2.05, 4.69) is 33.8 Å². The SMILES string of the molecule is COC(C)(C)C(C)CC(C)C/C=C/C(C)=C/C(=O)OC(C)C. The average Bonchev–Trinajstić information content (AvgIpc) is 2.37. The Bertz CT molecular complexity index is 391. The van der Waals surface area contributed by atoms with E-state index in [9.17, 15) is 4.79 Å². The van der Waals surface area contributed by atoms with Crippen LogP contribution in [0.15, 0.2) is 23.8 Å². The van der Waals surface area contributed by atoms with Gasteiger partial charge in [0.1, 0.15) is 0 Å². The van der Waals surface area contributed by atoms with Crippen molar-refractivity contribution in [3.8, 4) is 0 Å². The third kappa shape index (κ3) is 9.04. The van der Waals surface area contributed by atoms with E-state index in [1.807, 2.05) is 26.8 Å². The third-order valence-corrected chi connectivity index (χ3v) is 4.09. The van der Waals surface area contributed by atoms with Crippen LogP contribution in [0.3, 0.4) is 0 Å². The Kier molecular flexibility index (Phi) is 9.34. The van der Waals surface area contributed by atoms with Crippen molar-refractivity contribution in [2.45, 2.75) is 73.0 Å². The number of carbonyl (C=O) groups excluding carboxylic acids is 1. The Morgan fingerprint density at radius 2 is 1.77 bits per heavy atom. The summed E-state index contributed by atoms with van der Waals surface area (Å²) in [6.07, 6.45) is 7.69. The van der Waals surface area contributed by atoms with Crippen molar-refractivity contribution in [1.29, 1.82) is 0 Å². The van der Waals surface area contributed by atoms with Crippen LogP contribution in [0.25, 0.3) is 0 Å². The van der Waals surface area contributed by atoms with Gasteiger partial charge in [0.25, 0.3) is 0 Å². The minimum Gasteiger partial charge on any atom is -0.460 e. The highest BCUT2D eigenvalue weighted by Gasteiger charge is 2.26. The van der Waals surface area contributed by atoms with Crippen LogP contribution in [0.1, 0.15) is 61.3 Å². The van der Waals surface area contributed by atoms with Crippen molar-refractivity contribution < 1.29 is 14.3 Å². The molecule has 0 saturated carbocycles. The number of ether oxygens (including phenoxy) is 2. The van der Waals surface area contributed by atoms with E-state index in [1.54, 1.807) is 7.11 Å². The molecule has 0 aliphatic rings. The Balaban J connectivity index is 4.31. The minimum atomic E-state index is -0.277. The monoisotopic (exact) mass is 310 g/mol. The van der Waals surface area contributed by atoms with Gasteiger partial charge >= 0.3 is 5.97 Å². The van der Waals surface area contributed by atoms with Crippen LogP contribution in [-0.2, 0) is 14.3 Å². The number of allylic oxidation sites excluding steroid dienone is 3. The molecule has 0 saturated heterocycles. The van der Waals surface area contributed by atoms with E-state index in [0.717, 1.165) is 18.4 Å². The lowest BCUT2D eigenvalue weighted by Gasteiger charge is -2.32. The summed E-state index contributed by atoms with van der Waals surface area (Å²) in [5, 5.41) is 0. The molecule has 0 aromatic carbocycles. The van der Waals surface area contributed by atoms with Gasteiger partial charge in [-0.2, -0.15) is 0 Å². The van der Waals surface area contributed by atoms with E-state index < -0.39 is 0 Å². The first-order valence-corrected chi connectivity index (χ1v) is 8.19. The highest BCUT2D eigenvalue weighted by molar-refractivity contribution is 5.83. The van der Waals surface area contributed by atoms with Gasteiger partial charge in [-0.1, -0.05) is 26.0 Å². The predicted octanol–water partition coefficient (Wildman–Crippen LogP) is 4.92. The molecule has 3 heteroatoms. The van der Waals surface area contributed by atoms with E-state index in [4.69, 9.17) is 9.47 Å². The molecule has 0 aromatic heterocycles. The first-order valence-electron chi connectivity index (χ1n) is 8.19. The van der Waals surface area contributed by atoms with Gasteiger partial charge in [0.2, 0.25) is 0 Å². The summed E-state index contributed by atoms with van der Waals surface area (Å²) in [5.41, 5.74) is 0.831. The van der Waals surface area contributed by atoms with Gasteiger partial charge in [0, 0.05) is 13.2 Å². The fourth-order valence-corrected chi connectivity index (χ4v) is 2.17. The largest absolute Gasteiger partial charge is 0.460 e. The zero-order chi connectivity index (χ0) is 17.3. The van der Waals surface area contributed by atoms with Gasteiger partial charge in [-0.25, -0.2) is 4.79 Å². The molecule has 2 unspecified atom stereocenters. The Morgan fingerprint density at radius 3 is 2.27 bits per heavy atom. The van der Waals surface area contributed by atoms with Crippen molar-refractivity contribution in [2.24, 2.45) is 11.8 Å². The second kappa shape index (κ2) is 9.83. The summed E-state index contributed by atoms with van der Waals surface area (Å²) in [7, 11) is 1.77. The fourth-order valence-electron chi connectivity index (χ4n) is 2.17. The quantitative estimate of drug-likeness (QED) is 0.344. The van der Waals surface area contributed by atoms with Crippen molar-refractivity contribution in [1.82, 2.24) is 0 Å². The van der Waals surface area contributed by atoms with Gasteiger partial charge in [0.05, 0.1) is 11.7 Å². The smallest absolute Gasteiger partial charge is 0.331 e. The molecule has 0 heterocycles. The molecule has 0 bridgehead atoms. The predicted molar refractivity (Wildman–Crippen MR) is 92.8 cm³/mol. The molecule has 0 aliphatic carbocycles. The number of esters is 1. The van der Waals surface area contributed by atoms with Gasteiger partial charge in [-0.3, -0.25) is 0 Å². The van der Waals surface area contributed by atoms with Crippen LogP contribution in [-0.4, -0.2) is 24.8 Å². The van der Waals surface area contributed by atoms with Crippen molar-refractivity contribution in [3.05, 3.63) is 23.8 Å². The lowest BCUT2D eigenvalue weighted by Crippen LogP contribution is -2.32. The molecular weight excluding hydrogens is 276 g/mol. The minimum absolute atomic E-state index is 0.0776. The number of hydrogen-bond donors (Lipinski definition) is 0. The topological polar surface area (TPSA) is 35.5 Å². The molecule has 0 amide bonds. The normalized spacial score (nSPS) is 16.1. The van der Waals surface area contributed by atoms with Gasteiger partial charge in [-0.05, 0) is 64.9 Å². The highest BCUT2D eigenvalue weighted by atomic mass is 16.5. The summed E-state index contributed by atoms with van der Waals surface area (Å²) in [4.78, 5) is 11.5. The summed E-state index contributed by atoms with van der Waals surface area (Å²) >= 11 is 0. The van der Waals surface area contributed by atoms with E-state index in [1.165, 1.54) is 6.08 Å². The Morgan fingerprint density at radius 1 is 1.18 bits per heavy atom. The highest BCUT2D eigenvalue weighted by Crippen LogP contribution is 2.27. The fraction of sp³-hybridized carbons (Fsp3) is 0.737. The van der Waals surface area contributed by atoms with Crippen molar-refractivity contribution in [2.75, 3.05) is 7.11 Å². The van der Waals surface area contributed by atoms with Gasteiger partial charge < -0.3 is 9.47 Å². The molecule has 22 heavy (non-hydrogen) atoms. The number of rotatable bonds is 9. The number of methoxy groups -OCH3 is 1. The number of carbonyl (C=O) groups is 1. The molecule has 2 atom stereocenters. The van der Waals surface area contributed by atoms with Crippen molar-refractivity contribution >= 4 is 5.97 Å². The van der Waals surface area contributed by atoms with E-state index >= 15 is 0 Å². The van der Waals surface area contributed by atoms with E-state index in [-0.39, 0.29) is 17.7 Å². The summed E-state index contributed by atoms with van der Waals surface area (Å²) in [5.74, 6) is 0.801. The summed E-state index contributed by atoms with van der Waals surface area (Å²) in [6, 6.07) is 0. The first kappa shape index (κ1) is 20.9. The maximum Gasteiger partial charge on any atom is 0.331 e. The standard InChI is InChI=1S/C19H34O3/c1-14(2)22-18(20)13-16(4)11-9-10-15(3)12-17(5)19(6,7)21-8/h9,11,13-15,17H,10,12H2,1-8H3/b11-9+,16-13+. The zero-order valence-electron chi connectivity index (χ0n) is 15.6. The Hall–Kier alpha value is -1.09. The Labute approximate surface area is 136 Å². The maximum absolute atomic E-state index is 11.5. The summed E-state index contributed by atoms with van der Waals surface area (Å²) in [6.45, 7) is 14.4. The van der Waals surface area contributed by atoms with Crippen LogP contribution in [0.4, 0.5) is 0 Å². The molecule has 0 aromatic rings. The second-order valence-corrected chi connectivity index (χ2v) is 7.06. The first-order chi connectivity index (χ1) is 10.1. The van der Waals surface area contributed by atoms with Crippen LogP contribution in [0.2, 0.25) is 0 Å². The molecule has 0 N–H and O–H groups in total. The molecule has 0 fully saturated rings. The molecule has 0 radical (unpaired) electrons. The lowest BCUT2D eigenvalue weighted by atomic mass is 9.84. The van der Waals surface area contributed by atoms with Crippen LogP contribution in [0, 0.1) is 11.8 Å².